The Balaban J connectivity index is 3.13. The second-order valence-electron chi connectivity index (χ2n) is 2.17. The minimum atomic E-state index is -0.648. The van der Waals surface area contributed by atoms with Gasteiger partial charge in [0, 0.05) is 4.47 Å². The lowest BCUT2D eigenvalue weighted by Gasteiger charge is -2.06. The lowest BCUT2D eigenvalue weighted by Crippen LogP contribution is -2.02. The van der Waals surface area contributed by atoms with Gasteiger partial charge in [-0.15, -0.1) is 0 Å². The van der Waals surface area contributed by atoms with Crippen molar-refractivity contribution in [1.82, 2.24) is 0 Å². The van der Waals surface area contributed by atoms with Crippen molar-refractivity contribution in [2.45, 2.75) is 0 Å². The predicted molar refractivity (Wildman–Crippen MR) is 57.8 cm³/mol. The van der Waals surface area contributed by atoms with Crippen LogP contribution in [0.3, 0.4) is 0 Å². The Labute approximate surface area is 97.5 Å². The third kappa shape index (κ3) is 2.97. The van der Waals surface area contributed by atoms with Gasteiger partial charge >= 0.3 is 5.97 Å². The molecule has 0 spiro atoms. The highest BCUT2D eigenvalue weighted by Gasteiger charge is 2.10. The highest BCUT2D eigenvalue weighted by Crippen LogP contribution is 2.36. The molecule has 0 amide bonds. The zero-order valence-corrected chi connectivity index (χ0v) is 10.2. The van der Waals surface area contributed by atoms with Crippen LogP contribution in [0.4, 0.5) is 0 Å². The van der Waals surface area contributed by atoms with Crippen molar-refractivity contribution >= 4 is 49.4 Å². The van der Waals surface area contributed by atoms with Crippen molar-refractivity contribution in [3.63, 3.8) is 0 Å². The topological polar surface area (TPSA) is 26.3 Å². The maximum Gasteiger partial charge on any atom is 0.311 e. The number of rotatable bonds is 1. The molecule has 1 aromatic rings. The van der Waals surface area contributed by atoms with Gasteiger partial charge in [-0.1, -0.05) is 27.5 Å². The van der Waals surface area contributed by atoms with E-state index in [4.69, 9.17) is 16.3 Å². The molecule has 0 aliphatic rings. The minimum absolute atomic E-state index is 0.282. The summed E-state index contributed by atoms with van der Waals surface area (Å²) in [5.74, 6) is -0.366. The van der Waals surface area contributed by atoms with Crippen molar-refractivity contribution in [2.75, 3.05) is 0 Å². The second kappa shape index (κ2) is 4.44. The molecule has 0 aliphatic carbocycles. The first kappa shape index (κ1) is 11.0. The van der Waals surface area contributed by atoms with Gasteiger partial charge in [-0.2, -0.15) is 0 Å². The van der Waals surface area contributed by atoms with E-state index in [1.54, 1.807) is 12.1 Å². The molecule has 1 aromatic carbocycles. The molecule has 5 heteroatoms. The molecule has 1 rings (SSSR count). The van der Waals surface area contributed by atoms with Gasteiger partial charge in [0.05, 0.1) is 16.4 Å². The van der Waals surface area contributed by atoms with Gasteiger partial charge in [0.25, 0.3) is 0 Å². The van der Waals surface area contributed by atoms with E-state index in [1.165, 1.54) is 0 Å². The third-order valence-corrected chi connectivity index (χ3v) is 2.51. The molecule has 0 heterocycles. The van der Waals surface area contributed by atoms with Gasteiger partial charge in [0.15, 0.2) is 5.75 Å². The Morgan fingerprint density at radius 3 is 2.54 bits per heavy atom. The Morgan fingerprint density at radius 2 is 2.08 bits per heavy atom. The Hall–Kier alpha value is -0.0600. The Morgan fingerprint density at radius 1 is 1.46 bits per heavy atom. The minimum Gasteiger partial charge on any atom is -0.424 e. The first-order valence-electron chi connectivity index (χ1n) is 3.19. The summed E-state index contributed by atoms with van der Waals surface area (Å²) in [6.45, 7) is 3.09. The molecule has 0 bridgehead atoms. The van der Waals surface area contributed by atoms with Crippen molar-refractivity contribution in [1.29, 1.82) is 0 Å². The number of ether oxygens (including phenoxy) is 1. The molecular weight excluding hydrogens is 323 g/mol. The van der Waals surface area contributed by atoms with Crippen LogP contribution in [-0.4, -0.2) is 5.97 Å². The molecule has 0 fully saturated rings. The van der Waals surface area contributed by atoms with E-state index in [2.05, 4.69) is 38.8 Å². The van der Waals surface area contributed by atoms with Gasteiger partial charge in [0.1, 0.15) is 0 Å². The van der Waals surface area contributed by atoms with E-state index < -0.39 is 5.97 Å². The van der Waals surface area contributed by atoms with Crippen LogP contribution >= 0.6 is 43.5 Å². The molecule has 0 atom stereocenters. The number of hydrogen-bond donors (Lipinski definition) is 0. The molecule has 0 unspecified atom stereocenters. The van der Waals surface area contributed by atoms with E-state index >= 15 is 0 Å². The van der Waals surface area contributed by atoms with Gasteiger partial charge in [-0.05, 0) is 28.1 Å². The molecule has 0 aromatic heterocycles. The Bertz CT molecular complexity index is 329. The summed E-state index contributed by atoms with van der Waals surface area (Å²) in [7, 11) is 0. The van der Waals surface area contributed by atoms with Crippen LogP contribution in [0.1, 0.15) is 0 Å². The maximum absolute atomic E-state index is 10.6. The lowest BCUT2D eigenvalue weighted by atomic mass is 10.3. The SMILES string of the molecule is [CH2]C(=O)Oc1c(Cl)cc(Br)cc1Br. The molecule has 0 saturated carbocycles. The van der Waals surface area contributed by atoms with Crippen molar-refractivity contribution in [2.24, 2.45) is 0 Å². The monoisotopic (exact) mass is 325 g/mol. The molecule has 0 aliphatic heterocycles. The zero-order chi connectivity index (χ0) is 10.0. The number of carbonyl (C=O) groups excluding carboxylic acids is 1. The largest absolute Gasteiger partial charge is 0.424 e. The van der Waals surface area contributed by atoms with Crippen LogP contribution in [0.25, 0.3) is 0 Å². The molecule has 0 N–H and O–H groups in total. The van der Waals surface area contributed by atoms with Crippen LogP contribution in [0.2, 0.25) is 5.02 Å². The van der Waals surface area contributed by atoms with Crippen LogP contribution in [-0.2, 0) is 4.79 Å². The smallest absolute Gasteiger partial charge is 0.311 e. The maximum atomic E-state index is 10.6. The number of hydrogen-bond acceptors (Lipinski definition) is 2. The fraction of sp³-hybridized carbons (Fsp3) is 0. The Kier molecular flexibility index (Phi) is 3.76. The van der Waals surface area contributed by atoms with Crippen LogP contribution in [0.5, 0.6) is 5.75 Å². The van der Waals surface area contributed by atoms with Crippen molar-refractivity contribution < 1.29 is 9.53 Å². The molecule has 0 saturated heterocycles. The average molecular weight is 327 g/mol. The quantitative estimate of drug-likeness (QED) is 0.582. The normalized spacial score (nSPS) is 9.85. The summed E-state index contributed by atoms with van der Waals surface area (Å²) in [6.07, 6.45) is 0. The highest BCUT2D eigenvalue weighted by atomic mass is 79.9. The average Bonchev–Trinajstić information content (AvgIpc) is 1.96. The number of esters is 1. The van der Waals surface area contributed by atoms with E-state index in [1.807, 2.05) is 0 Å². The molecule has 69 valence electrons. The van der Waals surface area contributed by atoms with Crippen molar-refractivity contribution in [3.05, 3.63) is 33.0 Å². The van der Waals surface area contributed by atoms with Crippen molar-refractivity contribution in [3.8, 4) is 5.75 Å². The first-order chi connectivity index (χ1) is 6.00. The summed E-state index contributed by atoms with van der Waals surface area (Å²) in [4.78, 5) is 10.6. The van der Waals surface area contributed by atoms with Crippen LogP contribution < -0.4 is 4.74 Å². The van der Waals surface area contributed by atoms with E-state index in [0.717, 1.165) is 4.47 Å². The van der Waals surface area contributed by atoms with Gasteiger partial charge in [-0.25, -0.2) is 0 Å². The fourth-order valence-electron chi connectivity index (χ4n) is 0.740. The van der Waals surface area contributed by atoms with Crippen LogP contribution in [0, 0.1) is 6.92 Å². The molecular formula is C8H4Br2ClO2. The van der Waals surface area contributed by atoms with Gasteiger partial charge < -0.3 is 4.74 Å². The molecule has 1 radical (unpaired) electrons. The zero-order valence-electron chi connectivity index (χ0n) is 6.31. The summed E-state index contributed by atoms with van der Waals surface area (Å²) < 4.78 is 6.18. The second-order valence-corrected chi connectivity index (χ2v) is 4.35. The molecule has 13 heavy (non-hydrogen) atoms. The highest BCUT2D eigenvalue weighted by molar-refractivity contribution is 9.11. The summed E-state index contributed by atoms with van der Waals surface area (Å²) >= 11 is 12.3. The van der Waals surface area contributed by atoms with E-state index in [0.29, 0.717) is 9.50 Å². The summed E-state index contributed by atoms with van der Waals surface area (Å²) in [5, 5.41) is 0.346. The standard InChI is InChI=1S/C8H4Br2ClO2/c1-4(12)13-8-6(10)2-5(9)3-7(8)11/h2-3H,1H2. The van der Waals surface area contributed by atoms with E-state index in [9.17, 15) is 4.79 Å². The predicted octanol–water partition coefficient (Wildman–Crippen LogP) is 3.60. The lowest BCUT2D eigenvalue weighted by molar-refractivity contribution is -0.129. The van der Waals surface area contributed by atoms with Crippen LogP contribution in [0.15, 0.2) is 21.1 Å². The van der Waals surface area contributed by atoms with Gasteiger partial charge in [0.2, 0.25) is 0 Å². The van der Waals surface area contributed by atoms with E-state index in [-0.39, 0.29) is 5.75 Å². The number of benzene rings is 1. The number of halogens is 3. The van der Waals surface area contributed by atoms with Gasteiger partial charge in [-0.3, -0.25) is 4.79 Å². The first-order valence-corrected chi connectivity index (χ1v) is 5.15. The number of carbonyl (C=O) groups is 1. The summed E-state index contributed by atoms with van der Waals surface area (Å²) in [5.41, 5.74) is 0. The third-order valence-electron chi connectivity index (χ3n) is 1.18. The summed E-state index contributed by atoms with van der Waals surface area (Å²) in [6, 6.07) is 3.36. The fourth-order valence-corrected chi connectivity index (χ4v) is 2.55. The molecule has 2 nitrogen and oxygen atoms in total.